The van der Waals surface area contributed by atoms with Crippen molar-refractivity contribution >= 4 is 27.3 Å². The summed E-state index contributed by atoms with van der Waals surface area (Å²) in [4.78, 5) is 17.5. The molecule has 0 radical (unpaired) electrons. The van der Waals surface area contributed by atoms with Gasteiger partial charge in [-0.05, 0) is 67.3 Å². The first-order chi connectivity index (χ1) is 18.7. The molecule has 1 amide bonds. The van der Waals surface area contributed by atoms with Gasteiger partial charge in [0.15, 0.2) is 11.5 Å². The number of amides is 1. The smallest absolute Gasteiger partial charge is 0.261 e. The maximum Gasteiger partial charge on any atom is 0.261 e. The van der Waals surface area contributed by atoms with Crippen molar-refractivity contribution in [2.24, 2.45) is 0 Å². The topological polar surface area (TPSA) is 88.2 Å². The van der Waals surface area contributed by atoms with Crippen molar-refractivity contribution in [3.63, 3.8) is 0 Å². The number of benzene rings is 3. The lowest BCUT2D eigenvalue weighted by molar-refractivity contribution is 0.0745. The first-order valence-corrected chi connectivity index (χ1v) is 14.7. The van der Waals surface area contributed by atoms with Crippen molar-refractivity contribution in [2.75, 3.05) is 50.0 Å². The summed E-state index contributed by atoms with van der Waals surface area (Å²) in [6.45, 7) is 6.30. The normalized spacial score (nSPS) is 13.7. The molecule has 1 fully saturated rings. The van der Waals surface area contributed by atoms with Crippen molar-refractivity contribution in [1.82, 2.24) is 4.90 Å². The second kappa shape index (κ2) is 12.4. The Labute approximate surface area is 231 Å². The lowest BCUT2D eigenvalue weighted by Gasteiger charge is -2.36. The Hall–Kier alpha value is -3.72. The molecule has 1 heterocycles. The zero-order chi connectivity index (χ0) is 28.0. The van der Waals surface area contributed by atoms with Gasteiger partial charge in [-0.25, -0.2) is 8.42 Å². The number of rotatable bonds is 10. The lowest BCUT2D eigenvalue weighted by atomic mass is 10.1. The molecule has 1 N–H and O–H groups in total. The van der Waals surface area contributed by atoms with Gasteiger partial charge in [-0.15, -0.1) is 0 Å². The Bertz CT molecular complexity index is 1400. The minimum atomic E-state index is -3.85. The summed E-state index contributed by atoms with van der Waals surface area (Å²) >= 11 is 0. The SMILES string of the molecule is CCCCc1ccc(NS(=O)(=O)c2ccc(C)c(C(=O)N3CCN(c4ccc(OC)c(OC)c4)CC3)c2)cc1. The molecular formula is C30H37N3O5S. The maximum atomic E-state index is 13.5. The van der Waals surface area contributed by atoms with E-state index in [2.05, 4.69) is 16.5 Å². The van der Waals surface area contributed by atoms with Gasteiger partial charge in [0.1, 0.15) is 0 Å². The van der Waals surface area contributed by atoms with Gasteiger partial charge in [0.25, 0.3) is 15.9 Å². The maximum absolute atomic E-state index is 13.5. The third-order valence-corrected chi connectivity index (χ3v) is 8.45. The first kappa shape index (κ1) is 28.3. The van der Waals surface area contributed by atoms with Gasteiger partial charge in [-0.3, -0.25) is 9.52 Å². The van der Waals surface area contributed by atoms with Gasteiger partial charge in [0, 0.05) is 49.2 Å². The Morgan fingerprint density at radius 1 is 0.897 bits per heavy atom. The van der Waals surface area contributed by atoms with Gasteiger partial charge in [-0.2, -0.15) is 0 Å². The number of anilines is 2. The third-order valence-electron chi connectivity index (χ3n) is 7.07. The van der Waals surface area contributed by atoms with E-state index in [1.807, 2.05) is 37.3 Å². The van der Waals surface area contributed by atoms with E-state index in [1.54, 1.807) is 43.4 Å². The van der Waals surface area contributed by atoms with Crippen LogP contribution in [0.3, 0.4) is 0 Å². The zero-order valence-electron chi connectivity index (χ0n) is 23.1. The summed E-state index contributed by atoms with van der Waals surface area (Å²) in [7, 11) is -0.646. The van der Waals surface area contributed by atoms with E-state index in [0.717, 1.165) is 30.5 Å². The number of aryl methyl sites for hydroxylation is 2. The summed E-state index contributed by atoms with van der Waals surface area (Å²) in [5.74, 6) is 1.15. The quantitative estimate of drug-likeness (QED) is 0.376. The Morgan fingerprint density at radius 3 is 2.23 bits per heavy atom. The van der Waals surface area contributed by atoms with Crippen LogP contribution in [0, 0.1) is 6.92 Å². The monoisotopic (exact) mass is 551 g/mol. The van der Waals surface area contributed by atoms with Crippen LogP contribution in [0.2, 0.25) is 0 Å². The van der Waals surface area contributed by atoms with Crippen LogP contribution in [0.25, 0.3) is 0 Å². The molecule has 0 spiro atoms. The fraction of sp³-hybridized carbons (Fsp3) is 0.367. The number of sulfonamides is 1. The standard InChI is InChI=1S/C30H37N3O5S/c1-5-6-7-23-9-11-24(12-10-23)31-39(35,36)26-14-8-22(2)27(21-26)30(34)33-18-16-32(17-19-33)25-13-15-28(37-3)29(20-25)38-4/h8-15,20-21,31H,5-7,16-19H2,1-4H3. The van der Waals surface area contributed by atoms with Crippen LogP contribution in [-0.2, 0) is 16.4 Å². The number of piperazine rings is 1. The minimum absolute atomic E-state index is 0.0653. The molecule has 0 atom stereocenters. The lowest BCUT2D eigenvalue weighted by Crippen LogP contribution is -2.49. The fourth-order valence-electron chi connectivity index (χ4n) is 4.69. The van der Waals surface area contributed by atoms with Gasteiger partial charge >= 0.3 is 0 Å². The predicted molar refractivity (Wildman–Crippen MR) is 155 cm³/mol. The van der Waals surface area contributed by atoms with Crippen LogP contribution in [-0.4, -0.2) is 59.6 Å². The molecular weight excluding hydrogens is 514 g/mol. The van der Waals surface area contributed by atoms with E-state index in [1.165, 1.54) is 11.6 Å². The van der Waals surface area contributed by atoms with Gasteiger partial charge in [0.05, 0.1) is 19.1 Å². The van der Waals surface area contributed by atoms with Gasteiger partial charge < -0.3 is 19.3 Å². The Balaban J connectivity index is 1.44. The molecule has 0 aromatic heterocycles. The van der Waals surface area contributed by atoms with Crippen LogP contribution in [0.15, 0.2) is 65.6 Å². The predicted octanol–water partition coefficient (Wildman–Crippen LogP) is 5.12. The highest BCUT2D eigenvalue weighted by atomic mass is 32.2. The molecule has 4 rings (SSSR count). The van der Waals surface area contributed by atoms with Crippen molar-refractivity contribution in [3.8, 4) is 11.5 Å². The summed E-state index contributed by atoms with van der Waals surface area (Å²) < 4.78 is 39.7. The van der Waals surface area contributed by atoms with Gasteiger partial charge in [0.2, 0.25) is 0 Å². The molecule has 0 saturated carbocycles. The summed E-state index contributed by atoms with van der Waals surface area (Å²) in [5.41, 5.74) is 3.80. The molecule has 8 nitrogen and oxygen atoms in total. The highest BCUT2D eigenvalue weighted by molar-refractivity contribution is 7.92. The number of carbonyl (C=O) groups is 1. The van der Waals surface area contributed by atoms with Crippen LogP contribution in [0.1, 0.15) is 41.3 Å². The number of carbonyl (C=O) groups excluding carboxylic acids is 1. The molecule has 0 aliphatic carbocycles. The molecule has 208 valence electrons. The summed E-state index contributed by atoms with van der Waals surface area (Å²) in [6, 6.07) is 17.9. The molecule has 1 aliphatic heterocycles. The zero-order valence-corrected chi connectivity index (χ0v) is 23.9. The van der Waals surface area contributed by atoms with E-state index in [0.29, 0.717) is 48.9 Å². The van der Waals surface area contributed by atoms with Crippen LogP contribution >= 0.6 is 0 Å². The summed E-state index contributed by atoms with van der Waals surface area (Å²) in [5, 5.41) is 0. The van der Waals surface area contributed by atoms with Crippen LogP contribution in [0.4, 0.5) is 11.4 Å². The second-order valence-corrected chi connectivity index (χ2v) is 11.4. The molecule has 3 aromatic carbocycles. The number of hydrogen-bond donors (Lipinski definition) is 1. The first-order valence-electron chi connectivity index (χ1n) is 13.2. The number of unbranched alkanes of at least 4 members (excludes halogenated alkanes) is 1. The molecule has 39 heavy (non-hydrogen) atoms. The molecule has 9 heteroatoms. The van der Waals surface area contributed by atoms with Crippen LogP contribution in [0.5, 0.6) is 11.5 Å². The molecule has 3 aromatic rings. The minimum Gasteiger partial charge on any atom is -0.493 e. The fourth-order valence-corrected chi connectivity index (χ4v) is 5.78. The van der Waals surface area contributed by atoms with E-state index < -0.39 is 10.0 Å². The number of methoxy groups -OCH3 is 2. The van der Waals surface area contributed by atoms with E-state index in [-0.39, 0.29) is 10.8 Å². The Kier molecular flexibility index (Phi) is 9.01. The van der Waals surface area contributed by atoms with E-state index >= 15 is 0 Å². The van der Waals surface area contributed by atoms with E-state index in [4.69, 9.17) is 9.47 Å². The average Bonchev–Trinajstić information content (AvgIpc) is 2.96. The molecule has 0 bridgehead atoms. The number of ether oxygens (including phenoxy) is 2. The highest BCUT2D eigenvalue weighted by Gasteiger charge is 2.26. The van der Waals surface area contributed by atoms with Gasteiger partial charge in [-0.1, -0.05) is 31.5 Å². The van der Waals surface area contributed by atoms with Crippen molar-refractivity contribution < 1.29 is 22.7 Å². The average molecular weight is 552 g/mol. The Morgan fingerprint density at radius 2 is 1.59 bits per heavy atom. The largest absolute Gasteiger partial charge is 0.493 e. The summed E-state index contributed by atoms with van der Waals surface area (Å²) in [6.07, 6.45) is 3.17. The second-order valence-electron chi connectivity index (χ2n) is 9.70. The number of hydrogen-bond acceptors (Lipinski definition) is 6. The third kappa shape index (κ3) is 6.65. The molecule has 1 saturated heterocycles. The number of nitrogens with zero attached hydrogens (tertiary/aromatic N) is 2. The number of nitrogens with one attached hydrogen (secondary N) is 1. The molecule has 0 unspecified atom stereocenters. The van der Waals surface area contributed by atoms with E-state index in [9.17, 15) is 13.2 Å². The van der Waals surface area contributed by atoms with Crippen molar-refractivity contribution in [3.05, 3.63) is 77.4 Å². The molecule has 1 aliphatic rings. The van der Waals surface area contributed by atoms with Crippen molar-refractivity contribution in [2.45, 2.75) is 38.0 Å². The van der Waals surface area contributed by atoms with Crippen LogP contribution < -0.4 is 19.1 Å². The highest BCUT2D eigenvalue weighted by Crippen LogP contribution is 2.32. The van der Waals surface area contributed by atoms with Crippen molar-refractivity contribution in [1.29, 1.82) is 0 Å².